The lowest BCUT2D eigenvalue weighted by atomic mass is 10.1. The summed E-state index contributed by atoms with van der Waals surface area (Å²) in [5, 5.41) is 12.1. The average molecular weight is 332 g/mol. The largest absolute Gasteiger partial charge is 0.515 e. The van der Waals surface area contributed by atoms with Crippen LogP contribution in [-0.2, 0) is 6.54 Å². The molecule has 0 unspecified atom stereocenters. The monoisotopic (exact) mass is 332 g/mol. The van der Waals surface area contributed by atoms with Crippen LogP contribution in [0.25, 0.3) is 0 Å². The Bertz CT molecular complexity index is 698. The standard InChI is InChI=1S/C17H21FN4O2/c1-12(11-23)7-13(8-20-6-4-18)9-22-10-15-14(17(22)24)3-5-21-16(15)19-2/h3,5,7-8,11,23H,4,6,9-10H2,1-2H3,(H,19,21)/b12-11+,13-7+,20-8-. The number of aliphatic imine (C=N–C) groups is 1. The highest BCUT2D eigenvalue weighted by Gasteiger charge is 2.29. The van der Waals surface area contributed by atoms with Crippen molar-refractivity contribution >= 4 is 17.9 Å². The van der Waals surface area contributed by atoms with E-state index in [1.165, 1.54) is 0 Å². The highest BCUT2D eigenvalue weighted by atomic mass is 19.1. The van der Waals surface area contributed by atoms with Crippen LogP contribution in [0.5, 0.6) is 0 Å². The molecule has 1 amide bonds. The zero-order valence-electron chi connectivity index (χ0n) is 13.8. The second kappa shape index (κ2) is 8.24. The molecule has 0 bridgehead atoms. The number of carbonyl (C=O) groups excluding carboxylic acids is 1. The van der Waals surface area contributed by atoms with Crippen molar-refractivity contribution in [3.63, 3.8) is 0 Å². The fourth-order valence-electron chi connectivity index (χ4n) is 2.53. The maximum absolute atomic E-state index is 12.6. The Hall–Kier alpha value is -2.70. The molecule has 2 rings (SSSR count). The third-order valence-electron chi connectivity index (χ3n) is 3.62. The van der Waals surface area contributed by atoms with Crippen LogP contribution < -0.4 is 5.32 Å². The number of aliphatic hydroxyl groups excluding tert-OH is 1. The number of pyridine rings is 1. The molecule has 1 aliphatic rings. The first-order valence-electron chi connectivity index (χ1n) is 7.63. The van der Waals surface area contributed by atoms with Gasteiger partial charge in [-0.1, -0.05) is 0 Å². The molecule has 2 heterocycles. The van der Waals surface area contributed by atoms with Crippen molar-refractivity contribution in [3.05, 3.63) is 46.9 Å². The predicted octanol–water partition coefficient (Wildman–Crippen LogP) is 2.51. The van der Waals surface area contributed by atoms with E-state index in [1.54, 1.807) is 43.4 Å². The SMILES string of the molecule is CNc1nccc2c1CN(CC(/C=N\CCF)=C/C(C)=C/O)C2=O. The maximum Gasteiger partial charge on any atom is 0.255 e. The molecule has 6 nitrogen and oxygen atoms in total. The summed E-state index contributed by atoms with van der Waals surface area (Å²) in [6.45, 7) is 2.02. The Morgan fingerprint density at radius 3 is 3.04 bits per heavy atom. The number of nitrogens with zero attached hydrogens (tertiary/aromatic N) is 3. The topological polar surface area (TPSA) is 77.8 Å². The zero-order valence-corrected chi connectivity index (χ0v) is 13.8. The quantitative estimate of drug-likeness (QED) is 0.457. The van der Waals surface area contributed by atoms with Crippen LogP contribution in [0, 0.1) is 0 Å². The highest BCUT2D eigenvalue weighted by molar-refractivity contribution is 6.00. The summed E-state index contributed by atoms with van der Waals surface area (Å²) in [6, 6.07) is 1.71. The summed E-state index contributed by atoms with van der Waals surface area (Å²) in [4.78, 5) is 22.4. The number of allylic oxidation sites excluding steroid dienone is 2. The molecule has 0 radical (unpaired) electrons. The van der Waals surface area contributed by atoms with Gasteiger partial charge >= 0.3 is 0 Å². The lowest BCUT2D eigenvalue weighted by Crippen LogP contribution is -2.26. The van der Waals surface area contributed by atoms with E-state index in [1.807, 2.05) is 0 Å². The van der Waals surface area contributed by atoms with Gasteiger partial charge in [0, 0.05) is 37.1 Å². The molecule has 0 atom stereocenters. The fourth-order valence-corrected chi connectivity index (χ4v) is 2.53. The molecule has 0 fully saturated rings. The summed E-state index contributed by atoms with van der Waals surface area (Å²) in [5.74, 6) is 0.603. The molecule has 0 spiro atoms. The number of anilines is 1. The average Bonchev–Trinajstić information content (AvgIpc) is 2.91. The number of hydrogen-bond acceptors (Lipinski definition) is 5. The first-order chi connectivity index (χ1) is 11.6. The van der Waals surface area contributed by atoms with Gasteiger partial charge in [0.05, 0.1) is 19.4 Å². The molecule has 7 heteroatoms. The lowest BCUT2D eigenvalue weighted by Gasteiger charge is -2.16. The molecule has 0 saturated carbocycles. The van der Waals surface area contributed by atoms with E-state index in [-0.39, 0.29) is 12.5 Å². The maximum atomic E-state index is 12.6. The summed E-state index contributed by atoms with van der Waals surface area (Å²) >= 11 is 0. The first kappa shape index (κ1) is 17.7. The van der Waals surface area contributed by atoms with Crippen LogP contribution in [0.4, 0.5) is 10.2 Å². The predicted molar refractivity (Wildman–Crippen MR) is 92.3 cm³/mol. The molecule has 0 saturated heterocycles. The van der Waals surface area contributed by atoms with Gasteiger partial charge in [0.25, 0.3) is 5.91 Å². The summed E-state index contributed by atoms with van der Waals surface area (Å²) in [5.41, 5.74) is 2.83. The molecule has 1 aliphatic heterocycles. The number of rotatable bonds is 7. The van der Waals surface area contributed by atoms with E-state index in [2.05, 4.69) is 15.3 Å². The van der Waals surface area contributed by atoms with Gasteiger partial charge in [-0.05, 0) is 30.2 Å². The van der Waals surface area contributed by atoms with Crippen molar-refractivity contribution in [2.24, 2.45) is 4.99 Å². The van der Waals surface area contributed by atoms with Gasteiger partial charge in [-0.2, -0.15) is 0 Å². The molecule has 1 aromatic heterocycles. The van der Waals surface area contributed by atoms with Crippen LogP contribution in [0.2, 0.25) is 0 Å². The normalized spacial score (nSPS) is 15.3. The van der Waals surface area contributed by atoms with E-state index < -0.39 is 6.67 Å². The number of aliphatic hydroxyl groups is 1. The molecule has 0 aromatic carbocycles. The van der Waals surface area contributed by atoms with E-state index >= 15 is 0 Å². The molecular weight excluding hydrogens is 311 g/mol. The van der Waals surface area contributed by atoms with Gasteiger partial charge in [-0.15, -0.1) is 0 Å². The number of alkyl halides is 1. The minimum absolute atomic E-state index is 0.0707. The number of hydrogen-bond donors (Lipinski definition) is 2. The van der Waals surface area contributed by atoms with Crippen molar-refractivity contribution in [1.82, 2.24) is 9.88 Å². The van der Waals surface area contributed by atoms with Gasteiger partial charge in [0.2, 0.25) is 0 Å². The van der Waals surface area contributed by atoms with Crippen molar-refractivity contribution in [1.29, 1.82) is 0 Å². The molecule has 1 aromatic rings. The number of nitrogens with one attached hydrogen (secondary N) is 1. The third-order valence-corrected chi connectivity index (χ3v) is 3.62. The van der Waals surface area contributed by atoms with Crippen LogP contribution in [0.1, 0.15) is 22.8 Å². The minimum Gasteiger partial charge on any atom is -0.515 e. The lowest BCUT2D eigenvalue weighted by molar-refractivity contribution is 0.0794. The van der Waals surface area contributed by atoms with Crippen molar-refractivity contribution in [3.8, 4) is 0 Å². The summed E-state index contributed by atoms with van der Waals surface area (Å²) in [6.07, 6.45) is 5.84. The second-order valence-corrected chi connectivity index (χ2v) is 5.41. The van der Waals surface area contributed by atoms with Gasteiger partial charge in [-0.25, -0.2) is 9.37 Å². The van der Waals surface area contributed by atoms with E-state index in [0.717, 1.165) is 11.8 Å². The second-order valence-electron chi connectivity index (χ2n) is 5.41. The van der Waals surface area contributed by atoms with Gasteiger partial charge in [0.1, 0.15) is 12.5 Å². The van der Waals surface area contributed by atoms with E-state index in [9.17, 15) is 9.18 Å². The first-order valence-corrected chi connectivity index (χ1v) is 7.63. The molecule has 24 heavy (non-hydrogen) atoms. The third kappa shape index (κ3) is 3.98. The Kier molecular flexibility index (Phi) is 6.06. The Balaban J connectivity index is 2.22. The Labute approximate surface area is 140 Å². The number of fused-ring (bicyclic) bond motifs is 1. The molecule has 0 aliphatic carbocycles. The van der Waals surface area contributed by atoms with E-state index in [4.69, 9.17) is 5.11 Å². The van der Waals surface area contributed by atoms with Gasteiger partial charge < -0.3 is 15.3 Å². The molecular formula is C17H21FN4O2. The van der Waals surface area contributed by atoms with Crippen molar-refractivity contribution < 1.29 is 14.3 Å². The minimum atomic E-state index is -0.538. The van der Waals surface area contributed by atoms with Crippen molar-refractivity contribution in [2.45, 2.75) is 13.5 Å². The summed E-state index contributed by atoms with van der Waals surface area (Å²) in [7, 11) is 1.76. The number of amides is 1. The van der Waals surface area contributed by atoms with Crippen LogP contribution in [0.15, 0.2) is 40.7 Å². The van der Waals surface area contributed by atoms with E-state index in [0.29, 0.717) is 35.6 Å². The van der Waals surface area contributed by atoms with Crippen LogP contribution in [-0.4, -0.2) is 53.9 Å². The Morgan fingerprint density at radius 2 is 2.38 bits per heavy atom. The van der Waals surface area contributed by atoms with Crippen LogP contribution >= 0.6 is 0 Å². The number of carbonyl (C=O) groups is 1. The summed E-state index contributed by atoms with van der Waals surface area (Å²) < 4.78 is 12.2. The van der Waals surface area contributed by atoms with Crippen LogP contribution in [0.3, 0.4) is 0 Å². The smallest absolute Gasteiger partial charge is 0.255 e. The number of halogens is 1. The fraction of sp³-hybridized carbons (Fsp3) is 0.353. The van der Waals surface area contributed by atoms with Crippen molar-refractivity contribution in [2.75, 3.05) is 32.1 Å². The van der Waals surface area contributed by atoms with Gasteiger partial charge in [-0.3, -0.25) is 9.79 Å². The zero-order chi connectivity index (χ0) is 17.5. The highest BCUT2D eigenvalue weighted by Crippen LogP contribution is 2.27. The van der Waals surface area contributed by atoms with Gasteiger partial charge in [0.15, 0.2) is 0 Å². The number of aromatic nitrogens is 1. The molecule has 2 N–H and O–H groups in total. The Morgan fingerprint density at radius 1 is 1.58 bits per heavy atom. The molecule has 128 valence electrons.